The van der Waals surface area contributed by atoms with Gasteiger partial charge in [-0.05, 0) is 67.6 Å². The number of urea groups is 1. The molecular weight excluding hydrogens is 795 g/mol. The van der Waals surface area contributed by atoms with Gasteiger partial charge in [-0.25, -0.2) is 24.7 Å². The van der Waals surface area contributed by atoms with E-state index in [2.05, 4.69) is 46.3 Å². The molecule has 0 radical (unpaired) electrons. The van der Waals surface area contributed by atoms with Crippen molar-refractivity contribution >= 4 is 52.4 Å². The molecule has 6 aromatic rings. The Balaban J connectivity index is 0.821. The number of likely N-dealkylation sites (tertiary alicyclic amines) is 1. The fraction of sp³-hybridized carbons (Fsp3) is 0.302. The van der Waals surface area contributed by atoms with Crippen LogP contribution in [0.3, 0.4) is 0 Å². The second kappa shape index (κ2) is 16.8. The Bertz CT molecular complexity index is 2730. The number of piperidine rings is 1. The molecular formula is C43H43N13O6. The Morgan fingerprint density at radius 3 is 2.34 bits per heavy atom. The standard InChI is InChI=1S/C43H43N13O6/c1-44-36-20-34(51-39-30(24-48-56(36)39)40(58)50-31-10-11-33(31)62-2)49-32-4-3-16-55(42(32)60)35-12-7-27(21-45-35)41(59)53-17-13-26(14-18-53)38-46-22-28(23-47-38)25-5-8-29(9-6-25)54-19-15-37(57)52-43(54)61/h3-9,12,16,20-24,26,31,33,44H,10-11,13-15,17-19H2,1-2H3,(H,49,51)(H,50,58)(H,52,57,61)/t31-,33-/m1/s1. The Kier molecular flexibility index (Phi) is 10.8. The van der Waals surface area contributed by atoms with Gasteiger partial charge in [0.25, 0.3) is 17.4 Å². The molecule has 19 nitrogen and oxygen atoms in total. The van der Waals surface area contributed by atoms with E-state index < -0.39 is 11.6 Å². The number of nitrogens with zero attached hydrogens (tertiary/aromatic N) is 9. The number of ether oxygens (including phenoxy) is 1. The number of hydrogen-bond donors (Lipinski definition) is 4. The first-order valence-electron chi connectivity index (χ1n) is 20.4. The molecule has 7 heterocycles. The van der Waals surface area contributed by atoms with Crippen LogP contribution in [0.4, 0.5) is 27.8 Å². The van der Waals surface area contributed by atoms with Gasteiger partial charge in [0.05, 0.1) is 23.9 Å². The lowest BCUT2D eigenvalue weighted by Gasteiger charge is -2.35. The summed E-state index contributed by atoms with van der Waals surface area (Å²) in [6.07, 6.45) is 11.4. The highest BCUT2D eigenvalue weighted by atomic mass is 16.5. The zero-order valence-corrected chi connectivity index (χ0v) is 33.9. The lowest BCUT2D eigenvalue weighted by molar-refractivity contribution is -0.120. The molecule has 1 aromatic carbocycles. The number of carbonyl (C=O) groups is 4. The number of hydrogen-bond acceptors (Lipinski definition) is 13. The second-order valence-electron chi connectivity index (χ2n) is 15.3. The van der Waals surface area contributed by atoms with Gasteiger partial charge in [-0.3, -0.25) is 34.0 Å². The molecule has 3 aliphatic rings. The largest absolute Gasteiger partial charge is 0.379 e. The van der Waals surface area contributed by atoms with Crippen molar-refractivity contribution in [1.82, 2.24) is 49.7 Å². The number of aromatic nitrogens is 7. The molecule has 19 heteroatoms. The van der Waals surface area contributed by atoms with Crippen LogP contribution in [-0.4, -0.2) is 109 Å². The second-order valence-corrected chi connectivity index (χ2v) is 15.3. The van der Waals surface area contributed by atoms with Gasteiger partial charge in [0, 0.05) is 88.2 Å². The number of carbonyl (C=O) groups excluding carboxylic acids is 4. The van der Waals surface area contributed by atoms with Crippen molar-refractivity contribution in [1.29, 1.82) is 0 Å². The summed E-state index contributed by atoms with van der Waals surface area (Å²) < 4.78 is 8.33. The summed E-state index contributed by atoms with van der Waals surface area (Å²) in [5.74, 6) is 1.27. The maximum absolute atomic E-state index is 13.7. The van der Waals surface area contributed by atoms with Crippen LogP contribution in [0.2, 0.25) is 0 Å². The number of amides is 5. The SMILES string of the molecule is CNc1cc(Nc2cccn(-c3ccc(C(=O)N4CCC(c5ncc(-c6ccc(N7CCC(=O)NC7=O)cc6)cn5)CC4)cn3)c2=O)nc2c(C(=O)N[C@@H]3CC[C@H]3OC)cnn12. The highest BCUT2D eigenvalue weighted by Crippen LogP contribution is 2.29. The van der Waals surface area contributed by atoms with Crippen molar-refractivity contribution < 1.29 is 23.9 Å². The van der Waals surface area contributed by atoms with Gasteiger partial charge in [0.1, 0.15) is 34.5 Å². The fourth-order valence-electron chi connectivity index (χ4n) is 7.96. The van der Waals surface area contributed by atoms with E-state index in [9.17, 15) is 24.0 Å². The average Bonchev–Trinajstić information content (AvgIpc) is 3.73. The summed E-state index contributed by atoms with van der Waals surface area (Å²) in [6.45, 7) is 1.38. The Morgan fingerprint density at radius 1 is 0.871 bits per heavy atom. The molecule has 316 valence electrons. The van der Waals surface area contributed by atoms with Crippen LogP contribution in [0.25, 0.3) is 22.6 Å². The van der Waals surface area contributed by atoms with Crippen LogP contribution < -0.4 is 31.7 Å². The minimum absolute atomic E-state index is 0.0319. The number of pyridine rings is 2. The first kappa shape index (κ1) is 39.9. The quantitative estimate of drug-likeness (QED) is 0.146. The van der Waals surface area contributed by atoms with Crippen molar-refractivity contribution in [3.8, 4) is 16.9 Å². The molecule has 2 aliphatic heterocycles. The summed E-state index contributed by atoms with van der Waals surface area (Å²) in [5.41, 5.74) is 3.26. The van der Waals surface area contributed by atoms with E-state index in [-0.39, 0.29) is 53.5 Å². The van der Waals surface area contributed by atoms with E-state index in [0.29, 0.717) is 66.8 Å². The fourth-order valence-corrected chi connectivity index (χ4v) is 7.96. The topological polar surface area (TPSA) is 223 Å². The smallest absolute Gasteiger partial charge is 0.328 e. The third kappa shape index (κ3) is 7.80. The molecule has 1 aliphatic carbocycles. The first-order chi connectivity index (χ1) is 30.2. The van der Waals surface area contributed by atoms with Crippen molar-refractivity contribution in [3.05, 3.63) is 113 Å². The number of methoxy groups -OCH3 is 1. The van der Waals surface area contributed by atoms with Crippen LogP contribution in [0.5, 0.6) is 0 Å². The van der Waals surface area contributed by atoms with Gasteiger partial charge in [0.15, 0.2) is 5.65 Å². The van der Waals surface area contributed by atoms with Crippen molar-refractivity contribution in [2.24, 2.45) is 0 Å². The molecule has 2 atom stereocenters. The van der Waals surface area contributed by atoms with Gasteiger partial charge >= 0.3 is 6.03 Å². The number of anilines is 4. The number of fused-ring (bicyclic) bond motifs is 1. The average molecular weight is 838 g/mol. The van der Waals surface area contributed by atoms with Gasteiger partial charge in [0.2, 0.25) is 5.91 Å². The summed E-state index contributed by atoms with van der Waals surface area (Å²) in [5, 5.41) is 15.9. The molecule has 0 unspecified atom stereocenters. The van der Waals surface area contributed by atoms with Crippen molar-refractivity contribution in [3.63, 3.8) is 0 Å². The summed E-state index contributed by atoms with van der Waals surface area (Å²) in [6, 6.07) is 15.3. The van der Waals surface area contributed by atoms with E-state index in [4.69, 9.17) is 4.74 Å². The Labute approximate surface area is 354 Å². The normalized spacial score (nSPS) is 18.0. The van der Waals surface area contributed by atoms with Gasteiger partial charge < -0.3 is 25.6 Å². The molecule has 3 fully saturated rings. The Morgan fingerprint density at radius 2 is 1.66 bits per heavy atom. The number of imide groups is 1. The first-order valence-corrected chi connectivity index (χ1v) is 20.4. The van der Waals surface area contributed by atoms with Gasteiger partial charge in [-0.1, -0.05) is 12.1 Å². The van der Waals surface area contributed by atoms with Crippen LogP contribution in [-0.2, 0) is 9.53 Å². The highest BCUT2D eigenvalue weighted by Gasteiger charge is 2.33. The predicted octanol–water partition coefficient (Wildman–Crippen LogP) is 3.89. The maximum atomic E-state index is 13.7. The van der Waals surface area contributed by atoms with Crippen molar-refractivity contribution in [2.75, 3.05) is 49.3 Å². The molecule has 9 rings (SSSR count). The van der Waals surface area contributed by atoms with Gasteiger partial charge in [-0.15, -0.1) is 0 Å². The molecule has 5 aromatic heterocycles. The predicted molar refractivity (Wildman–Crippen MR) is 228 cm³/mol. The molecule has 5 amide bonds. The van der Waals surface area contributed by atoms with Crippen molar-refractivity contribution in [2.45, 2.75) is 50.2 Å². The van der Waals surface area contributed by atoms with E-state index in [1.165, 1.54) is 26.4 Å². The Hall–Kier alpha value is -7.54. The van der Waals surface area contributed by atoms with Crippen LogP contribution in [0, 0.1) is 0 Å². The molecule has 62 heavy (non-hydrogen) atoms. The van der Waals surface area contributed by atoms with Crippen LogP contribution in [0.1, 0.15) is 64.6 Å². The summed E-state index contributed by atoms with van der Waals surface area (Å²) >= 11 is 0. The number of nitrogens with one attached hydrogen (secondary N) is 4. The van der Waals surface area contributed by atoms with E-state index in [1.807, 2.05) is 24.3 Å². The molecule has 0 bridgehead atoms. The van der Waals surface area contributed by atoms with E-state index in [0.717, 1.165) is 29.8 Å². The van der Waals surface area contributed by atoms with Crippen LogP contribution >= 0.6 is 0 Å². The minimum Gasteiger partial charge on any atom is -0.379 e. The summed E-state index contributed by atoms with van der Waals surface area (Å²) in [4.78, 5) is 86.0. The molecule has 1 saturated carbocycles. The highest BCUT2D eigenvalue weighted by molar-refractivity contribution is 6.05. The number of benzene rings is 1. The monoisotopic (exact) mass is 837 g/mol. The zero-order valence-electron chi connectivity index (χ0n) is 33.9. The molecule has 0 spiro atoms. The third-order valence-corrected chi connectivity index (χ3v) is 11.6. The maximum Gasteiger partial charge on any atom is 0.328 e. The third-order valence-electron chi connectivity index (χ3n) is 11.6. The zero-order chi connectivity index (χ0) is 42.9. The van der Waals surface area contributed by atoms with Crippen LogP contribution in [0.15, 0.2) is 90.4 Å². The lowest BCUT2D eigenvalue weighted by Crippen LogP contribution is -2.51. The molecule has 2 saturated heterocycles. The molecule has 4 N–H and O–H groups in total. The van der Waals surface area contributed by atoms with E-state index in [1.54, 1.807) is 68.0 Å². The number of rotatable bonds is 11. The van der Waals surface area contributed by atoms with E-state index >= 15 is 0 Å². The minimum atomic E-state index is -0.428. The van der Waals surface area contributed by atoms with Gasteiger partial charge in [-0.2, -0.15) is 9.61 Å². The lowest BCUT2D eigenvalue weighted by atomic mass is 9.89. The summed E-state index contributed by atoms with van der Waals surface area (Å²) in [7, 11) is 3.35.